The first-order valence-electron chi connectivity index (χ1n) is 10.8. The third-order valence-electron chi connectivity index (χ3n) is 6.48. The number of aryl methyl sites for hydroxylation is 1. The van der Waals surface area contributed by atoms with Crippen molar-refractivity contribution in [1.82, 2.24) is 19.9 Å². The molecule has 0 spiro atoms. The number of amides is 3. The number of rotatable bonds is 4. The molecular formula is C24H25N5O4. The van der Waals surface area contributed by atoms with Crippen LogP contribution in [0.4, 0.5) is 10.5 Å². The molecule has 3 amide bonds. The summed E-state index contributed by atoms with van der Waals surface area (Å²) in [5, 5.41) is 6.92. The highest BCUT2D eigenvalue weighted by Crippen LogP contribution is 2.44. The van der Waals surface area contributed by atoms with E-state index >= 15 is 0 Å². The molecule has 0 bridgehead atoms. The van der Waals surface area contributed by atoms with Crippen LogP contribution in [0.25, 0.3) is 0 Å². The third-order valence-corrected chi connectivity index (χ3v) is 6.48. The van der Waals surface area contributed by atoms with Crippen molar-refractivity contribution < 1.29 is 18.8 Å². The normalized spacial score (nSPS) is 21.7. The number of fused-ring (bicyclic) bond motifs is 1. The van der Waals surface area contributed by atoms with Gasteiger partial charge in [0.05, 0.1) is 12.5 Å². The molecule has 170 valence electrons. The molecule has 3 aromatic rings. The number of carbonyl (C=O) groups excluding carboxylic acids is 2. The zero-order valence-electron chi connectivity index (χ0n) is 18.5. The number of methoxy groups -OCH3 is 1. The number of hydrogen-bond acceptors (Lipinski definition) is 6. The van der Waals surface area contributed by atoms with Gasteiger partial charge in [-0.25, -0.2) is 4.79 Å². The van der Waals surface area contributed by atoms with Crippen LogP contribution in [-0.4, -0.2) is 65.2 Å². The van der Waals surface area contributed by atoms with Crippen LogP contribution in [0.15, 0.2) is 59.1 Å². The second-order valence-corrected chi connectivity index (χ2v) is 8.59. The fraction of sp³-hybridized carbons (Fsp3) is 0.333. The Morgan fingerprint density at radius 3 is 2.58 bits per heavy atom. The molecule has 2 aromatic carbocycles. The fourth-order valence-corrected chi connectivity index (χ4v) is 4.84. The topological polar surface area (TPSA) is 101 Å². The number of anilines is 1. The van der Waals surface area contributed by atoms with E-state index in [1.807, 2.05) is 53.4 Å². The van der Waals surface area contributed by atoms with Gasteiger partial charge >= 0.3 is 6.03 Å². The largest absolute Gasteiger partial charge is 0.497 e. The number of aromatic nitrogens is 2. The minimum absolute atomic E-state index is 0.0129. The Bertz CT molecular complexity index is 1180. The van der Waals surface area contributed by atoms with Gasteiger partial charge in [0, 0.05) is 49.4 Å². The zero-order chi connectivity index (χ0) is 23.0. The van der Waals surface area contributed by atoms with Gasteiger partial charge in [-0.1, -0.05) is 29.4 Å². The van der Waals surface area contributed by atoms with E-state index in [0.29, 0.717) is 54.9 Å². The molecule has 2 saturated heterocycles. The molecule has 1 aromatic heterocycles. The van der Waals surface area contributed by atoms with Gasteiger partial charge in [-0.15, -0.1) is 0 Å². The number of hydrogen-bond donors (Lipinski definition) is 1. The minimum atomic E-state index is -0.600. The molecular weight excluding hydrogens is 422 g/mol. The maximum Gasteiger partial charge on any atom is 0.321 e. The van der Waals surface area contributed by atoms with Crippen LogP contribution in [0.1, 0.15) is 22.1 Å². The van der Waals surface area contributed by atoms with Gasteiger partial charge in [0.25, 0.3) is 5.91 Å². The van der Waals surface area contributed by atoms with Crippen LogP contribution in [-0.2, 0) is 5.41 Å². The van der Waals surface area contributed by atoms with E-state index in [2.05, 4.69) is 15.5 Å². The summed E-state index contributed by atoms with van der Waals surface area (Å²) < 4.78 is 10.8. The van der Waals surface area contributed by atoms with Gasteiger partial charge in [-0.05, 0) is 31.2 Å². The molecule has 2 aliphatic heterocycles. The molecule has 0 radical (unpaired) electrons. The van der Waals surface area contributed by atoms with E-state index in [0.717, 1.165) is 0 Å². The molecule has 9 nitrogen and oxygen atoms in total. The third kappa shape index (κ3) is 3.79. The van der Waals surface area contributed by atoms with Crippen LogP contribution in [0.3, 0.4) is 0 Å². The van der Waals surface area contributed by atoms with Crippen molar-refractivity contribution in [3.63, 3.8) is 0 Å². The molecule has 3 heterocycles. The molecule has 2 fully saturated rings. The summed E-state index contributed by atoms with van der Waals surface area (Å²) in [7, 11) is 1.58. The number of nitrogens with one attached hydrogen (secondary N) is 1. The first kappa shape index (κ1) is 21.0. The van der Waals surface area contributed by atoms with E-state index in [4.69, 9.17) is 9.26 Å². The zero-order valence-corrected chi connectivity index (χ0v) is 18.5. The van der Waals surface area contributed by atoms with Crippen LogP contribution in [0, 0.1) is 12.8 Å². The molecule has 2 atom stereocenters. The average Bonchev–Trinajstić information content (AvgIpc) is 3.52. The Balaban J connectivity index is 1.38. The van der Waals surface area contributed by atoms with Crippen LogP contribution in [0.2, 0.25) is 0 Å². The molecule has 0 aliphatic carbocycles. The Kier molecular flexibility index (Phi) is 5.24. The summed E-state index contributed by atoms with van der Waals surface area (Å²) in [4.78, 5) is 34.3. The van der Waals surface area contributed by atoms with Crippen molar-refractivity contribution in [3.8, 4) is 5.75 Å². The summed E-state index contributed by atoms with van der Waals surface area (Å²) >= 11 is 0. The minimum Gasteiger partial charge on any atom is -0.497 e. The number of likely N-dealkylation sites (tertiary alicyclic amines) is 2. The van der Waals surface area contributed by atoms with E-state index in [1.54, 1.807) is 25.0 Å². The van der Waals surface area contributed by atoms with Crippen molar-refractivity contribution in [2.75, 3.05) is 38.6 Å². The predicted molar refractivity (Wildman–Crippen MR) is 120 cm³/mol. The Hall–Kier alpha value is -3.88. The van der Waals surface area contributed by atoms with Crippen molar-refractivity contribution in [2.45, 2.75) is 12.3 Å². The summed E-state index contributed by atoms with van der Waals surface area (Å²) in [5.41, 5.74) is 0.694. The summed E-state index contributed by atoms with van der Waals surface area (Å²) in [6.45, 7) is 3.56. The lowest BCUT2D eigenvalue weighted by molar-refractivity contribution is 0.0770. The molecule has 9 heteroatoms. The predicted octanol–water partition coefficient (Wildman–Crippen LogP) is 2.94. The average molecular weight is 447 g/mol. The monoisotopic (exact) mass is 447 g/mol. The Labute approximate surface area is 191 Å². The van der Waals surface area contributed by atoms with Gasteiger partial charge in [0.2, 0.25) is 5.89 Å². The standard InChI is InChI=1S/C24H25N5O4/c1-16-25-22(33-27-16)24-14-28(21(30)17-7-4-3-5-8-17)12-18(24)13-29(15-24)23(31)26-19-9-6-10-20(11-19)32-2/h3-11,18H,12-15H2,1-2H3,(H,26,31). The SMILES string of the molecule is COc1cccc(NC(=O)N2CC3CN(C(=O)c4ccccc4)CC3(c3nc(C)no3)C2)c1. The lowest BCUT2D eigenvalue weighted by Crippen LogP contribution is -2.42. The quantitative estimate of drug-likeness (QED) is 0.660. The smallest absolute Gasteiger partial charge is 0.321 e. The van der Waals surface area contributed by atoms with Gasteiger partial charge in [-0.3, -0.25) is 4.79 Å². The van der Waals surface area contributed by atoms with Gasteiger partial charge in [0.1, 0.15) is 5.75 Å². The first-order chi connectivity index (χ1) is 16.0. The molecule has 0 saturated carbocycles. The molecule has 33 heavy (non-hydrogen) atoms. The van der Waals surface area contributed by atoms with Crippen molar-refractivity contribution in [3.05, 3.63) is 71.9 Å². The van der Waals surface area contributed by atoms with Crippen molar-refractivity contribution in [1.29, 1.82) is 0 Å². The van der Waals surface area contributed by atoms with Crippen molar-refractivity contribution >= 4 is 17.6 Å². The number of ether oxygens (including phenoxy) is 1. The lowest BCUT2D eigenvalue weighted by atomic mass is 9.81. The number of nitrogens with zero attached hydrogens (tertiary/aromatic N) is 4. The second-order valence-electron chi connectivity index (χ2n) is 8.59. The second kappa shape index (κ2) is 8.23. The van der Waals surface area contributed by atoms with E-state index in [-0.39, 0.29) is 17.9 Å². The first-order valence-corrected chi connectivity index (χ1v) is 10.8. The summed E-state index contributed by atoms with van der Waals surface area (Å²) in [6.07, 6.45) is 0. The Morgan fingerprint density at radius 2 is 1.85 bits per heavy atom. The fourth-order valence-electron chi connectivity index (χ4n) is 4.84. The van der Waals surface area contributed by atoms with E-state index in [1.165, 1.54) is 0 Å². The van der Waals surface area contributed by atoms with Crippen LogP contribution < -0.4 is 10.1 Å². The highest BCUT2D eigenvalue weighted by Gasteiger charge is 2.58. The number of carbonyl (C=O) groups is 2. The van der Waals surface area contributed by atoms with Gasteiger partial charge < -0.3 is 24.4 Å². The Morgan fingerprint density at radius 1 is 1.09 bits per heavy atom. The van der Waals surface area contributed by atoms with E-state index in [9.17, 15) is 9.59 Å². The number of benzene rings is 2. The number of urea groups is 1. The van der Waals surface area contributed by atoms with Gasteiger partial charge in [0.15, 0.2) is 5.82 Å². The van der Waals surface area contributed by atoms with Crippen LogP contribution >= 0.6 is 0 Å². The molecule has 5 rings (SSSR count). The maximum atomic E-state index is 13.1. The van der Waals surface area contributed by atoms with Gasteiger partial charge in [-0.2, -0.15) is 4.98 Å². The summed E-state index contributed by atoms with van der Waals surface area (Å²) in [6, 6.07) is 16.2. The van der Waals surface area contributed by atoms with E-state index < -0.39 is 5.41 Å². The van der Waals surface area contributed by atoms with Crippen LogP contribution in [0.5, 0.6) is 5.75 Å². The maximum absolute atomic E-state index is 13.1. The highest BCUT2D eigenvalue weighted by molar-refractivity contribution is 5.94. The van der Waals surface area contributed by atoms with Crippen molar-refractivity contribution in [2.24, 2.45) is 5.92 Å². The molecule has 2 unspecified atom stereocenters. The highest BCUT2D eigenvalue weighted by atomic mass is 16.5. The lowest BCUT2D eigenvalue weighted by Gasteiger charge is -2.26. The summed E-state index contributed by atoms with van der Waals surface area (Å²) in [5.74, 6) is 1.63. The molecule has 1 N–H and O–H groups in total. The molecule has 2 aliphatic rings.